The van der Waals surface area contributed by atoms with E-state index in [1.165, 1.54) is 11.1 Å². The molecule has 1 aromatic rings. The molecule has 0 radical (unpaired) electrons. The Bertz CT molecular complexity index is 438. The van der Waals surface area contributed by atoms with Gasteiger partial charge in [0, 0.05) is 25.6 Å². The Labute approximate surface area is 108 Å². The smallest absolute Gasteiger partial charge is 0.151 e. The van der Waals surface area contributed by atoms with E-state index in [1.54, 1.807) is 0 Å². The lowest BCUT2D eigenvalue weighted by atomic mass is 9.98. The number of fused-ring (bicyclic) bond motifs is 1. The van der Waals surface area contributed by atoms with Crippen molar-refractivity contribution in [3.63, 3.8) is 0 Å². The van der Waals surface area contributed by atoms with Gasteiger partial charge in [0.15, 0.2) is 5.78 Å². The summed E-state index contributed by atoms with van der Waals surface area (Å²) in [7, 11) is 0. The molecule has 96 valence electrons. The maximum Gasteiger partial charge on any atom is 0.151 e. The summed E-state index contributed by atoms with van der Waals surface area (Å²) in [4.78, 5) is 14.4. The number of Topliss-reactive ketones (excluding diaryl/α,β-unsaturated/α-hetero) is 1. The average molecular weight is 244 g/mol. The molecule has 2 aliphatic heterocycles. The molecular weight excluding hydrogens is 224 g/mol. The van der Waals surface area contributed by atoms with Crippen LogP contribution in [-0.4, -0.2) is 36.9 Å². The van der Waals surface area contributed by atoms with Gasteiger partial charge in [-0.15, -0.1) is 0 Å². The fraction of sp³-hybridized carbons (Fsp3) is 0.533. The predicted octanol–water partition coefficient (Wildman–Crippen LogP) is 1.22. The number of ketones is 1. The Morgan fingerprint density at radius 2 is 2.17 bits per heavy atom. The number of hydrogen-bond acceptors (Lipinski definition) is 3. The lowest BCUT2D eigenvalue weighted by Crippen LogP contribution is -2.37. The van der Waals surface area contributed by atoms with Crippen LogP contribution in [0.4, 0.5) is 0 Å². The van der Waals surface area contributed by atoms with Crippen molar-refractivity contribution in [2.45, 2.75) is 19.4 Å². The second-order valence-electron chi connectivity index (χ2n) is 5.39. The SMILES string of the molecule is O=C(CN1CCc2ccccc2C1)C1CCNC1. The number of carbonyl (C=O) groups excluding carboxylic acids is 1. The summed E-state index contributed by atoms with van der Waals surface area (Å²) in [6.07, 6.45) is 2.09. The summed E-state index contributed by atoms with van der Waals surface area (Å²) in [6, 6.07) is 8.58. The first kappa shape index (κ1) is 11.9. The topological polar surface area (TPSA) is 32.3 Å². The summed E-state index contributed by atoms with van der Waals surface area (Å²) in [5, 5.41) is 3.27. The van der Waals surface area contributed by atoms with Crippen molar-refractivity contribution < 1.29 is 4.79 Å². The zero-order chi connectivity index (χ0) is 12.4. The number of rotatable bonds is 3. The minimum absolute atomic E-state index is 0.252. The Hall–Kier alpha value is -1.19. The van der Waals surface area contributed by atoms with Gasteiger partial charge in [-0.1, -0.05) is 24.3 Å². The van der Waals surface area contributed by atoms with Gasteiger partial charge in [0.2, 0.25) is 0 Å². The van der Waals surface area contributed by atoms with Gasteiger partial charge in [0.05, 0.1) is 6.54 Å². The normalized spacial score (nSPS) is 23.9. The van der Waals surface area contributed by atoms with Crippen molar-refractivity contribution in [1.82, 2.24) is 10.2 Å². The predicted molar refractivity (Wildman–Crippen MR) is 71.4 cm³/mol. The molecule has 0 bridgehead atoms. The van der Waals surface area contributed by atoms with E-state index in [9.17, 15) is 4.79 Å². The second-order valence-corrected chi connectivity index (χ2v) is 5.39. The van der Waals surface area contributed by atoms with E-state index < -0.39 is 0 Å². The molecule has 1 atom stereocenters. The molecule has 0 aliphatic carbocycles. The highest BCUT2D eigenvalue weighted by Gasteiger charge is 2.25. The fourth-order valence-corrected chi connectivity index (χ4v) is 2.97. The Balaban J connectivity index is 1.60. The molecule has 3 rings (SSSR count). The molecule has 2 aliphatic rings. The number of nitrogens with one attached hydrogen (secondary N) is 1. The van der Waals surface area contributed by atoms with Crippen LogP contribution < -0.4 is 5.32 Å². The van der Waals surface area contributed by atoms with Gasteiger partial charge in [-0.3, -0.25) is 9.69 Å². The molecule has 3 heteroatoms. The van der Waals surface area contributed by atoms with E-state index in [0.29, 0.717) is 12.3 Å². The zero-order valence-electron chi connectivity index (χ0n) is 10.7. The third kappa shape index (κ3) is 2.47. The first-order valence-corrected chi connectivity index (χ1v) is 6.85. The number of hydrogen-bond donors (Lipinski definition) is 1. The van der Waals surface area contributed by atoms with Gasteiger partial charge in [0.1, 0.15) is 0 Å². The lowest BCUT2D eigenvalue weighted by molar-refractivity contribution is -0.123. The molecule has 3 nitrogen and oxygen atoms in total. The van der Waals surface area contributed by atoms with Gasteiger partial charge in [-0.25, -0.2) is 0 Å². The van der Waals surface area contributed by atoms with Crippen LogP contribution in [0.5, 0.6) is 0 Å². The molecule has 1 aromatic carbocycles. The van der Waals surface area contributed by atoms with Crippen LogP contribution in [0.2, 0.25) is 0 Å². The van der Waals surface area contributed by atoms with Crippen molar-refractivity contribution in [2.75, 3.05) is 26.2 Å². The van der Waals surface area contributed by atoms with Gasteiger partial charge < -0.3 is 5.32 Å². The van der Waals surface area contributed by atoms with E-state index >= 15 is 0 Å². The molecule has 1 unspecified atom stereocenters. The fourth-order valence-electron chi connectivity index (χ4n) is 2.97. The van der Waals surface area contributed by atoms with Crippen LogP contribution >= 0.6 is 0 Å². The van der Waals surface area contributed by atoms with E-state index in [-0.39, 0.29) is 5.92 Å². The lowest BCUT2D eigenvalue weighted by Gasteiger charge is -2.28. The van der Waals surface area contributed by atoms with Crippen molar-refractivity contribution in [3.05, 3.63) is 35.4 Å². The summed E-state index contributed by atoms with van der Waals surface area (Å²) in [5.74, 6) is 0.668. The van der Waals surface area contributed by atoms with Crippen molar-refractivity contribution in [1.29, 1.82) is 0 Å². The minimum atomic E-state index is 0.252. The zero-order valence-corrected chi connectivity index (χ0v) is 10.7. The van der Waals surface area contributed by atoms with Crippen LogP contribution in [0.3, 0.4) is 0 Å². The third-order valence-corrected chi connectivity index (χ3v) is 4.10. The minimum Gasteiger partial charge on any atom is -0.316 e. The van der Waals surface area contributed by atoms with Crippen LogP contribution in [0, 0.1) is 5.92 Å². The number of benzene rings is 1. The van der Waals surface area contributed by atoms with Crippen molar-refractivity contribution >= 4 is 5.78 Å². The monoisotopic (exact) mass is 244 g/mol. The van der Waals surface area contributed by atoms with Crippen molar-refractivity contribution in [3.8, 4) is 0 Å². The molecule has 2 heterocycles. The molecular formula is C15H20N2O. The standard InChI is InChI=1S/C15H20N2O/c18-15(13-5-7-16-9-13)11-17-8-6-12-3-1-2-4-14(12)10-17/h1-4,13,16H,5-11H2. The van der Waals surface area contributed by atoms with E-state index in [0.717, 1.165) is 39.0 Å². The van der Waals surface area contributed by atoms with Crippen molar-refractivity contribution in [2.24, 2.45) is 5.92 Å². The second kappa shape index (κ2) is 5.21. The van der Waals surface area contributed by atoms with E-state index in [1.807, 2.05) is 0 Å². The van der Waals surface area contributed by atoms with E-state index in [2.05, 4.69) is 34.5 Å². The van der Waals surface area contributed by atoms with Crippen LogP contribution in [0.15, 0.2) is 24.3 Å². The summed E-state index contributed by atoms with van der Waals surface area (Å²) >= 11 is 0. The molecule has 0 spiro atoms. The van der Waals surface area contributed by atoms with Gasteiger partial charge in [-0.2, -0.15) is 0 Å². The molecule has 0 amide bonds. The Morgan fingerprint density at radius 1 is 1.33 bits per heavy atom. The first-order valence-electron chi connectivity index (χ1n) is 6.85. The van der Waals surface area contributed by atoms with Crippen LogP contribution in [-0.2, 0) is 17.8 Å². The molecule has 0 saturated carbocycles. The highest BCUT2D eigenvalue weighted by molar-refractivity contribution is 5.83. The maximum absolute atomic E-state index is 12.1. The summed E-state index contributed by atoms with van der Waals surface area (Å²) in [6.45, 7) is 4.45. The molecule has 18 heavy (non-hydrogen) atoms. The van der Waals surface area contributed by atoms with E-state index in [4.69, 9.17) is 0 Å². The summed E-state index contributed by atoms with van der Waals surface area (Å²) in [5.41, 5.74) is 2.84. The maximum atomic E-state index is 12.1. The van der Waals surface area contributed by atoms with Gasteiger partial charge >= 0.3 is 0 Å². The quantitative estimate of drug-likeness (QED) is 0.868. The first-order chi connectivity index (χ1) is 8.83. The Kier molecular flexibility index (Phi) is 3.43. The van der Waals surface area contributed by atoms with Crippen LogP contribution in [0.25, 0.3) is 0 Å². The van der Waals surface area contributed by atoms with Gasteiger partial charge in [0.25, 0.3) is 0 Å². The molecule has 1 N–H and O–H groups in total. The molecule has 1 saturated heterocycles. The average Bonchev–Trinajstić information content (AvgIpc) is 2.92. The Morgan fingerprint density at radius 3 is 2.94 bits per heavy atom. The molecule has 1 fully saturated rings. The highest BCUT2D eigenvalue weighted by atomic mass is 16.1. The third-order valence-electron chi connectivity index (χ3n) is 4.10. The molecule has 0 aromatic heterocycles. The number of carbonyl (C=O) groups is 1. The highest BCUT2D eigenvalue weighted by Crippen LogP contribution is 2.19. The summed E-state index contributed by atoms with van der Waals surface area (Å²) < 4.78 is 0. The van der Waals surface area contributed by atoms with Crippen LogP contribution in [0.1, 0.15) is 17.5 Å². The number of nitrogens with zero attached hydrogens (tertiary/aromatic N) is 1. The van der Waals surface area contributed by atoms with Gasteiger partial charge in [-0.05, 0) is 30.5 Å². The largest absolute Gasteiger partial charge is 0.316 e.